The maximum atomic E-state index is 7.17. The number of hydrazone groups is 1. The second kappa shape index (κ2) is 7.47. The van der Waals surface area contributed by atoms with E-state index in [0.29, 0.717) is 16.4 Å². The Hall–Kier alpha value is -2.11. The van der Waals surface area contributed by atoms with Gasteiger partial charge >= 0.3 is 0 Å². The minimum Gasteiger partial charge on any atom is -0.369 e. The number of nitrogens with two attached hydrogens (primary N) is 1. The lowest BCUT2D eigenvalue weighted by Crippen LogP contribution is -2.27. The lowest BCUT2D eigenvalue weighted by Gasteiger charge is -2.08. The number of aromatic nitrogens is 1. The van der Waals surface area contributed by atoms with Crippen LogP contribution in [0, 0.1) is 5.41 Å². The number of benzene rings is 1. The van der Waals surface area contributed by atoms with E-state index in [9.17, 15) is 0 Å². The monoisotopic (exact) mass is 309 g/mol. The van der Waals surface area contributed by atoms with Crippen molar-refractivity contribution < 1.29 is 0 Å². The van der Waals surface area contributed by atoms with E-state index >= 15 is 0 Å². The smallest absolute Gasteiger partial charge is 0.206 e. The Kier molecular flexibility index (Phi) is 5.96. The summed E-state index contributed by atoms with van der Waals surface area (Å²) in [7, 11) is 0. The molecule has 1 aromatic carbocycles. The largest absolute Gasteiger partial charge is 0.369 e. The van der Waals surface area contributed by atoms with Gasteiger partial charge in [-0.05, 0) is 12.1 Å². The summed E-state index contributed by atoms with van der Waals surface area (Å²) in [6.07, 6.45) is 1.63. The van der Waals surface area contributed by atoms with E-state index in [2.05, 4.69) is 15.5 Å². The second-order valence-electron chi connectivity index (χ2n) is 3.69. The Morgan fingerprint density at radius 1 is 1.20 bits per heavy atom. The zero-order chi connectivity index (χ0) is 13.7. The number of rotatable bonds is 3. The molecule has 20 heavy (non-hydrogen) atoms. The highest BCUT2D eigenvalue weighted by atomic mass is 35.5. The number of hydrogen-bond acceptors (Lipinski definition) is 3. The molecular formula is C13H13Cl2N5. The minimum absolute atomic E-state index is 0. The SMILES string of the molecule is Cl.N=C(N)N/N=C(/c1ccccc1)c1ncccc1Cl. The van der Waals surface area contributed by atoms with Gasteiger partial charge in [-0.25, -0.2) is 5.43 Å². The summed E-state index contributed by atoms with van der Waals surface area (Å²) in [5, 5.41) is 11.7. The van der Waals surface area contributed by atoms with Crippen molar-refractivity contribution in [1.29, 1.82) is 5.41 Å². The van der Waals surface area contributed by atoms with Crippen molar-refractivity contribution in [3.63, 3.8) is 0 Å². The van der Waals surface area contributed by atoms with Crippen LogP contribution in [0.2, 0.25) is 5.02 Å². The molecule has 2 rings (SSSR count). The van der Waals surface area contributed by atoms with Crippen molar-refractivity contribution in [1.82, 2.24) is 10.4 Å². The fourth-order valence-electron chi connectivity index (χ4n) is 1.53. The maximum Gasteiger partial charge on any atom is 0.206 e. The van der Waals surface area contributed by atoms with E-state index in [1.165, 1.54) is 0 Å². The van der Waals surface area contributed by atoms with Gasteiger partial charge in [-0.2, -0.15) is 5.10 Å². The van der Waals surface area contributed by atoms with Crippen LogP contribution in [0.4, 0.5) is 0 Å². The molecule has 104 valence electrons. The summed E-state index contributed by atoms with van der Waals surface area (Å²) in [4.78, 5) is 4.22. The number of guanidine groups is 1. The molecule has 0 radical (unpaired) electrons. The predicted molar refractivity (Wildman–Crippen MR) is 83.6 cm³/mol. The molecule has 0 aliphatic carbocycles. The van der Waals surface area contributed by atoms with Crippen LogP contribution in [-0.2, 0) is 0 Å². The van der Waals surface area contributed by atoms with Gasteiger partial charge in [-0.1, -0.05) is 41.9 Å². The Labute approximate surface area is 127 Å². The molecule has 0 atom stereocenters. The van der Waals surface area contributed by atoms with Crippen LogP contribution >= 0.6 is 24.0 Å². The fraction of sp³-hybridized carbons (Fsp3) is 0. The van der Waals surface area contributed by atoms with Crippen LogP contribution in [0.15, 0.2) is 53.8 Å². The van der Waals surface area contributed by atoms with Gasteiger partial charge in [0.15, 0.2) is 0 Å². The average molecular weight is 310 g/mol. The van der Waals surface area contributed by atoms with Crippen molar-refractivity contribution >= 4 is 35.7 Å². The highest BCUT2D eigenvalue weighted by Gasteiger charge is 2.12. The van der Waals surface area contributed by atoms with E-state index in [-0.39, 0.29) is 18.4 Å². The highest BCUT2D eigenvalue weighted by Crippen LogP contribution is 2.17. The molecule has 4 N–H and O–H groups in total. The Balaban J connectivity index is 0.00000200. The first-order chi connectivity index (χ1) is 9.18. The maximum absolute atomic E-state index is 7.17. The third-order valence-corrected chi connectivity index (χ3v) is 2.62. The topological polar surface area (TPSA) is 87.2 Å². The van der Waals surface area contributed by atoms with Crippen molar-refractivity contribution in [2.45, 2.75) is 0 Å². The van der Waals surface area contributed by atoms with Crippen molar-refractivity contribution in [3.05, 3.63) is 64.9 Å². The fourth-order valence-corrected chi connectivity index (χ4v) is 1.74. The van der Waals surface area contributed by atoms with Crippen LogP contribution in [0.1, 0.15) is 11.3 Å². The van der Waals surface area contributed by atoms with E-state index in [0.717, 1.165) is 5.56 Å². The molecular weight excluding hydrogens is 297 g/mol. The molecule has 1 aromatic heterocycles. The van der Waals surface area contributed by atoms with Crippen LogP contribution in [0.5, 0.6) is 0 Å². The Bertz CT molecular complexity index is 613. The number of hydrogen-bond donors (Lipinski definition) is 3. The lowest BCUT2D eigenvalue weighted by molar-refractivity contribution is 0.991. The van der Waals surface area contributed by atoms with Crippen LogP contribution in [0.3, 0.4) is 0 Å². The first kappa shape index (κ1) is 15.9. The Morgan fingerprint density at radius 2 is 1.90 bits per heavy atom. The normalized spacial score (nSPS) is 10.6. The standard InChI is InChI=1S/C13H12ClN5.ClH/c14-10-7-4-8-17-12(10)11(18-19-13(15)16)9-5-2-1-3-6-9;/h1-8H,(H4,15,16,19);1H/b18-11-;. The van der Waals surface area contributed by atoms with E-state index in [4.69, 9.17) is 22.7 Å². The van der Waals surface area contributed by atoms with Crippen molar-refractivity contribution in [2.75, 3.05) is 0 Å². The Morgan fingerprint density at radius 3 is 2.50 bits per heavy atom. The lowest BCUT2D eigenvalue weighted by atomic mass is 10.1. The molecule has 0 aliphatic heterocycles. The summed E-state index contributed by atoms with van der Waals surface area (Å²) >= 11 is 6.13. The predicted octanol–water partition coefficient (Wildman–Crippen LogP) is 2.39. The minimum atomic E-state index is -0.250. The third kappa shape index (κ3) is 3.94. The molecule has 5 nitrogen and oxygen atoms in total. The summed E-state index contributed by atoms with van der Waals surface area (Å²) in [5.41, 5.74) is 9.56. The van der Waals surface area contributed by atoms with Gasteiger partial charge in [0.05, 0.1) is 5.02 Å². The number of nitrogens with zero attached hydrogens (tertiary/aromatic N) is 2. The van der Waals surface area contributed by atoms with Gasteiger partial charge < -0.3 is 5.73 Å². The molecule has 7 heteroatoms. The molecule has 0 saturated heterocycles. The summed E-state index contributed by atoms with van der Waals surface area (Å²) in [6, 6.07) is 12.9. The van der Waals surface area contributed by atoms with E-state index in [1.807, 2.05) is 30.3 Å². The average Bonchev–Trinajstić information content (AvgIpc) is 2.42. The molecule has 0 fully saturated rings. The molecule has 2 aromatic rings. The van der Waals surface area contributed by atoms with Crippen molar-refractivity contribution in [2.24, 2.45) is 10.8 Å². The van der Waals surface area contributed by atoms with Gasteiger partial charge in [0.2, 0.25) is 5.96 Å². The van der Waals surface area contributed by atoms with Gasteiger partial charge in [-0.15, -0.1) is 12.4 Å². The third-order valence-electron chi connectivity index (χ3n) is 2.32. The van der Waals surface area contributed by atoms with Gasteiger partial charge in [0.25, 0.3) is 0 Å². The first-order valence-corrected chi connectivity index (χ1v) is 5.90. The quantitative estimate of drug-likeness (QED) is 0.462. The summed E-state index contributed by atoms with van der Waals surface area (Å²) < 4.78 is 0. The highest BCUT2D eigenvalue weighted by molar-refractivity contribution is 6.35. The number of nitrogens with one attached hydrogen (secondary N) is 2. The second-order valence-corrected chi connectivity index (χ2v) is 4.09. The molecule has 0 spiro atoms. The molecule has 0 aliphatic rings. The molecule has 0 bridgehead atoms. The molecule has 0 amide bonds. The summed E-state index contributed by atoms with van der Waals surface area (Å²) in [6.45, 7) is 0. The molecule has 0 unspecified atom stereocenters. The van der Waals surface area contributed by atoms with Crippen LogP contribution in [-0.4, -0.2) is 16.7 Å². The number of halogens is 2. The first-order valence-electron chi connectivity index (χ1n) is 5.52. The zero-order valence-electron chi connectivity index (χ0n) is 10.4. The van der Waals surface area contributed by atoms with Gasteiger partial charge in [0, 0.05) is 11.8 Å². The van der Waals surface area contributed by atoms with Crippen LogP contribution in [0.25, 0.3) is 0 Å². The van der Waals surface area contributed by atoms with Crippen molar-refractivity contribution in [3.8, 4) is 0 Å². The molecule has 0 saturated carbocycles. The summed E-state index contributed by atoms with van der Waals surface area (Å²) in [5.74, 6) is -0.250. The number of pyridine rings is 1. The zero-order valence-corrected chi connectivity index (χ0v) is 11.9. The molecule has 1 heterocycles. The van der Waals surface area contributed by atoms with Gasteiger partial charge in [0.1, 0.15) is 11.4 Å². The van der Waals surface area contributed by atoms with E-state index < -0.39 is 0 Å². The van der Waals surface area contributed by atoms with Crippen LogP contribution < -0.4 is 11.2 Å². The van der Waals surface area contributed by atoms with Gasteiger partial charge in [-0.3, -0.25) is 10.4 Å². The van der Waals surface area contributed by atoms with E-state index in [1.54, 1.807) is 18.3 Å².